The SMILES string of the molecule is Cc1cccc(C)c1NC(=O)NCC(O)c1ccccc1Cl. The molecule has 2 aromatic carbocycles. The second-order valence-corrected chi connectivity index (χ2v) is 5.55. The van der Waals surface area contributed by atoms with Gasteiger partial charge < -0.3 is 15.7 Å². The molecule has 0 saturated heterocycles. The fourth-order valence-corrected chi connectivity index (χ4v) is 2.48. The predicted molar refractivity (Wildman–Crippen MR) is 89.3 cm³/mol. The van der Waals surface area contributed by atoms with Crippen molar-refractivity contribution in [3.63, 3.8) is 0 Å². The molecule has 2 rings (SSSR count). The van der Waals surface area contributed by atoms with Crippen LogP contribution in [0, 0.1) is 13.8 Å². The number of rotatable bonds is 4. The van der Waals surface area contributed by atoms with Crippen molar-refractivity contribution < 1.29 is 9.90 Å². The maximum absolute atomic E-state index is 12.0. The minimum atomic E-state index is -0.850. The smallest absolute Gasteiger partial charge is 0.319 e. The van der Waals surface area contributed by atoms with Crippen LogP contribution in [0.3, 0.4) is 0 Å². The number of para-hydroxylation sites is 1. The molecule has 4 nitrogen and oxygen atoms in total. The first-order valence-corrected chi connectivity index (χ1v) is 7.40. The maximum atomic E-state index is 12.0. The number of nitrogens with one attached hydrogen (secondary N) is 2. The van der Waals surface area contributed by atoms with Gasteiger partial charge >= 0.3 is 6.03 Å². The Labute approximate surface area is 135 Å². The van der Waals surface area contributed by atoms with Gasteiger partial charge in [0.25, 0.3) is 0 Å². The first-order valence-electron chi connectivity index (χ1n) is 7.02. The third kappa shape index (κ3) is 4.00. The summed E-state index contributed by atoms with van der Waals surface area (Å²) in [5.74, 6) is 0. The van der Waals surface area contributed by atoms with Crippen LogP contribution >= 0.6 is 11.6 Å². The fourth-order valence-electron chi connectivity index (χ4n) is 2.21. The monoisotopic (exact) mass is 318 g/mol. The van der Waals surface area contributed by atoms with Gasteiger partial charge in [0.2, 0.25) is 0 Å². The van der Waals surface area contributed by atoms with E-state index in [1.165, 1.54) is 0 Å². The van der Waals surface area contributed by atoms with Crippen LogP contribution in [0.5, 0.6) is 0 Å². The van der Waals surface area contributed by atoms with Crippen molar-refractivity contribution in [2.24, 2.45) is 0 Å². The van der Waals surface area contributed by atoms with Crippen molar-refractivity contribution >= 4 is 23.3 Å². The largest absolute Gasteiger partial charge is 0.387 e. The Hall–Kier alpha value is -2.04. The summed E-state index contributed by atoms with van der Waals surface area (Å²) in [5.41, 5.74) is 3.35. The number of aliphatic hydroxyl groups excluding tert-OH is 1. The molecule has 0 fully saturated rings. The minimum absolute atomic E-state index is 0.0838. The second-order valence-electron chi connectivity index (χ2n) is 5.14. The Balaban J connectivity index is 1.95. The molecule has 22 heavy (non-hydrogen) atoms. The van der Waals surface area contributed by atoms with Crippen LogP contribution in [0.25, 0.3) is 0 Å². The molecule has 0 radical (unpaired) electrons. The molecule has 116 valence electrons. The lowest BCUT2D eigenvalue weighted by molar-refractivity contribution is 0.175. The Morgan fingerprint density at radius 3 is 2.41 bits per heavy atom. The number of halogens is 1. The molecule has 1 unspecified atom stereocenters. The lowest BCUT2D eigenvalue weighted by Crippen LogP contribution is -2.32. The Morgan fingerprint density at radius 1 is 1.14 bits per heavy atom. The van der Waals surface area contributed by atoms with E-state index in [0.717, 1.165) is 16.8 Å². The van der Waals surface area contributed by atoms with Gasteiger partial charge in [-0.1, -0.05) is 48.0 Å². The number of anilines is 1. The molecule has 1 atom stereocenters. The number of hydrogen-bond acceptors (Lipinski definition) is 2. The molecule has 0 saturated carbocycles. The van der Waals surface area contributed by atoms with E-state index in [4.69, 9.17) is 11.6 Å². The molecule has 0 aliphatic carbocycles. The number of aliphatic hydroxyl groups is 1. The molecule has 0 bridgehead atoms. The Morgan fingerprint density at radius 2 is 1.77 bits per heavy atom. The summed E-state index contributed by atoms with van der Waals surface area (Å²) >= 11 is 6.02. The Kier molecular flexibility index (Phi) is 5.41. The number of hydrogen-bond donors (Lipinski definition) is 3. The highest BCUT2D eigenvalue weighted by Crippen LogP contribution is 2.22. The normalized spacial score (nSPS) is 11.8. The number of carbonyl (C=O) groups excluding carboxylic acids is 1. The zero-order valence-electron chi connectivity index (χ0n) is 12.6. The number of urea groups is 1. The van der Waals surface area contributed by atoms with E-state index < -0.39 is 6.10 Å². The average molecular weight is 319 g/mol. The third-order valence-corrected chi connectivity index (χ3v) is 3.78. The number of aryl methyl sites for hydroxylation is 2. The average Bonchev–Trinajstić information content (AvgIpc) is 2.49. The molecule has 2 amide bonds. The third-order valence-electron chi connectivity index (χ3n) is 3.44. The van der Waals surface area contributed by atoms with Crippen molar-refractivity contribution in [3.05, 3.63) is 64.2 Å². The first kappa shape index (κ1) is 16.3. The summed E-state index contributed by atoms with van der Waals surface area (Å²) in [6, 6.07) is 12.5. The van der Waals surface area contributed by atoms with Gasteiger partial charge in [0.1, 0.15) is 0 Å². The zero-order valence-corrected chi connectivity index (χ0v) is 13.3. The Bertz CT molecular complexity index is 653. The highest BCUT2D eigenvalue weighted by atomic mass is 35.5. The molecule has 0 aromatic heterocycles. The van der Waals surface area contributed by atoms with Gasteiger partial charge in [0.05, 0.1) is 6.10 Å². The first-order chi connectivity index (χ1) is 10.5. The molecule has 0 spiro atoms. The van der Waals surface area contributed by atoms with Crippen molar-refractivity contribution in [2.45, 2.75) is 20.0 Å². The summed E-state index contributed by atoms with van der Waals surface area (Å²) in [6.45, 7) is 3.95. The molecule has 0 aliphatic heterocycles. The van der Waals surface area contributed by atoms with Crippen molar-refractivity contribution in [3.8, 4) is 0 Å². The lowest BCUT2D eigenvalue weighted by Gasteiger charge is -2.15. The summed E-state index contributed by atoms with van der Waals surface area (Å²) < 4.78 is 0. The van der Waals surface area contributed by atoms with Crippen molar-refractivity contribution in [1.29, 1.82) is 0 Å². The number of amides is 2. The van der Waals surface area contributed by atoms with Gasteiger partial charge in [-0.15, -0.1) is 0 Å². The standard InChI is InChI=1S/C17H19ClN2O2/c1-11-6-5-7-12(2)16(11)20-17(22)19-10-15(21)13-8-3-4-9-14(13)18/h3-9,15,21H,10H2,1-2H3,(H2,19,20,22). The van der Waals surface area contributed by atoms with E-state index in [2.05, 4.69) is 10.6 Å². The van der Waals surface area contributed by atoms with Crippen LogP contribution in [-0.2, 0) is 0 Å². The van der Waals surface area contributed by atoms with Gasteiger partial charge in [-0.05, 0) is 31.0 Å². The highest BCUT2D eigenvalue weighted by molar-refractivity contribution is 6.31. The maximum Gasteiger partial charge on any atom is 0.319 e. The second kappa shape index (κ2) is 7.29. The van der Waals surface area contributed by atoms with Gasteiger partial charge in [-0.3, -0.25) is 0 Å². The zero-order chi connectivity index (χ0) is 16.1. The molecule has 2 aromatic rings. The van der Waals surface area contributed by atoms with Crippen molar-refractivity contribution in [1.82, 2.24) is 5.32 Å². The molecule has 3 N–H and O–H groups in total. The van der Waals surface area contributed by atoms with E-state index in [9.17, 15) is 9.90 Å². The van der Waals surface area contributed by atoms with Crippen LogP contribution < -0.4 is 10.6 Å². The van der Waals surface area contributed by atoms with Gasteiger partial charge in [-0.25, -0.2) is 4.79 Å². The van der Waals surface area contributed by atoms with Gasteiger partial charge in [-0.2, -0.15) is 0 Å². The van der Waals surface area contributed by atoms with E-state index in [1.54, 1.807) is 24.3 Å². The molecule has 5 heteroatoms. The van der Waals surface area contributed by atoms with E-state index in [0.29, 0.717) is 10.6 Å². The quantitative estimate of drug-likeness (QED) is 0.802. The molecular formula is C17H19ClN2O2. The van der Waals surface area contributed by atoms with Crippen LogP contribution in [0.2, 0.25) is 5.02 Å². The summed E-state index contributed by atoms with van der Waals surface area (Å²) in [7, 11) is 0. The van der Waals surface area contributed by atoms with Gasteiger partial charge in [0.15, 0.2) is 0 Å². The van der Waals surface area contributed by atoms with Crippen LogP contribution in [0.1, 0.15) is 22.8 Å². The van der Waals surface area contributed by atoms with Crippen LogP contribution in [0.4, 0.5) is 10.5 Å². The lowest BCUT2D eigenvalue weighted by atomic mass is 10.1. The van der Waals surface area contributed by atoms with Gasteiger partial charge in [0, 0.05) is 22.8 Å². The highest BCUT2D eigenvalue weighted by Gasteiger charge is 2.13. The van der Waals surface area contributed by atoms with Crippen LogP contribution in [-0.4, -0.2) is 17.7 Å². The minimum Gasteiger partial charge on any atom is -0.387 e. The summed E-state index contributed by atoms with van der Waals surface area (Å²) in [5, 5.41) is 16.0. The summed E-state index contributed by atoms with van der Waals surface area (Å²) in [4.78, 5) is 12.0. The molecular weight excluding hydrogens is 300 g/mol. The van der Waals surface area contributed by atoms with E-state index in [1.807, 2.05) is 32.0 Å². The van der Waals surface area contributed by atoms with Crippen LogP contribution in [0.15, 0.2) is 42.5 Å². The fraction of sp³-hybridized carbons (Fsp3) is 0.235. The predicted octanol–water partition coefficient (Wildman–Crippen LogP) is 3.81. The molecule has 0 heterocycles. The number of benzene rings is 2. The van der Waals surface area contributed by atoms with E-state index >= 15 is 0 Å². The topological polar surface area (TPSA) is 61.4 Å². The van der Waals surface area contributed by atoms with E-state index in [-0.39, 0.29) is 12.6 Å². The molecule has 0 aliphatic rings. The van der Waals surface area contributed by atoms with Crippen molar-refractivity contribution in [2.75, 3.05) is 11.9 Å². The number of carbonyl (C=O) groups is 1. The summed E-state index contributed by atoms with van der Waals surface area (Å²) in [6.07, 6.45) is -0.850.